The lowest BCUT2D eigenvalue weighted by atomic mass is 10.0. The van der Waals surface area contributed by atoms with Crippen LogP contribution in [0.3, 0.4) is 0 Å². The zero-order chi connectivity index (χ0) is 18.5. The number of halogens is 2. The van der Waals surface area contributed by atoms with Gasteiger partial charge in [-0.05, 0) is 30.7 Å². The van der Waals surface area contributed by atoms with Crippen LogP contribution in [0.15, 0.2) is 36.4 Å². The van der Waals surface area contributed by atoms with Crippen molar-refractivity contribution < 1.29 is 17.9 Å². The number of rotatable bonds is 3. The summed E-state index contributed by atoms with van der Waals surface area (Å²) >= 11 is 6.56. The summed E-state index contributed by atoms with van der Waals surface area (Å²) in [7, 11) is -3.32. The van der Waals surface area contributed by atoms with E-state index in [4.69, 9.17) is 21.1 Å². The molecular formula is C18H16Cl2N2O4S. The molecule has 1 aromatic heterocycles. The molecule has 0 saturated heterocycles. The van der Waals surface area contributed by atoms with Crippen LogP contribution in [0.25, 0.3) is 22.2 Å². The largest absolute Gasteiger partial charge is 0.454 e. The minimum atomic E-state index is -3.32. The number of benzene rings is 2. The molecule has 0 amide bonds. The lowest BCUT2D eigenvalue weighted by Crippen LogP contribution is -2.09. The van der Waals surface area contributed by atoms with E-state index in [1.54, 1.807) is 24.3 Å². The second-order valence-electron chi connectivity index (χ2n) is 6.07. The molecule has 1 aliphatic heterocycles. The van der Waals surface area contributed by atoms with Gasteiger partial charge in [-0.3, -0.25) is 4.72 Å². The van der Waals surface area contributed by atoms with E-state index >= 15 is 0 Å². The Hall–Kier alpha value is -2.22. The van der Waals surface area contributed by atoms with Gasteiger partial charge in [-0.2, -0.15) is 0 Å². The monoisotopic (exact) mass is 426 g/mol. The third-order valence-corrected chi connectivity index (χ3v) is 5.19. The van der Waals surface area contributed by atoms with E-state index in [0.717, 1.165) is 28.3 Å². The van der Waals surface area contributed by atoms with Gasteiger partial charge < -0.3 is 9.47 Å². The Morgan fingerprint density at radius 1 is 1.11 bits per heavy atom. The lowest BCUT2D eigenvalue weighted by molar-refractivity contribution is 0.174. The van der Waals surface area contributed by atoms with Crippen molar-refractivity contribution in [1.29, 1.82) is 0 Å². The van der Waals surface area contributed by atoms with Crippen LogP contribution in [0.2, 0.25) is 5.02 Å². The van der Waals surface area contributed by atoms with Gasteiger partial charge in [-0.25, -0.2) is 13.4 Å². The number of hydrogen-bond donors (Lipinski definition) is 1. The van der Waals surface area contributed by atoms with Crippen LogP contribution in [0.1, 0.15) is 5.56 Å². The average molecular weight is 427 g/mol. The fourth-order valence-electron chi connectivity index (χ4n) is 2.89. The summed E-state index contributed by atoms with van der Waals surface area (Å²) in [6, 6.07) is 10.6. The van der Waals surface area contributed by atoms with Crippen molar-refractivity contribution in [2.24, 2.45) is 0 Å². The van der Waals surface area contributed by atoms with Crippen molar-refractivity contribution in [3.05, 3.63) is 47.0 Å². The quantitative estimate of drug-likeness (QED) is 0.671. The predicted molar refractivity (Wildman–Crippen MR) is 109 cm³/mol. The molecule has 27 heavy (non-hydrogen) atoms. The molecule has 0 aliphatic carbocycles. The first kappa shape index (κ1) is 19.5. The fourth-order valence-corrected chi connectivity index (χ4v) is 3.71. The topological polar surface area (TPSA) is 77.5 Å². The summed E-state index contributed by atoms with van der Waals surface area (Å²) in [5.41, 5.74) is 3.54. The van der Waals surface area contributed by atoms with E-state index in [0.29, 0.717) is 27.9 Å². The third-order valence-electron chi connectivity index (χ3n) is 4.13. The number of aryl methyl sites for hydroxylation is 1. The summed E-state index contributed by atoms with van der Waals surface area (Å²) in [4.78, 5) is 4.68. The molecule has 6 nitrogen and oxygen atoms in total. The summed E-state index contributed by atoms with van der Waals surface area (Å²) in [6.07, 6.45) is 1.11. The smallest absolute Gasteiger partial charge is 0.231 e. The van der Waals surface area contributed by atoms with Gasteiger partial charge in [0, 0.05) is 22.7 Å². The molecule has 0 bridgehead atoms. The normalized spacial score (nSPS) is 12.7. The molecule has 0 saturated carbocycles. The first-order valence-electron chi connectivity index (χ1n) is 7.79. The Bertz CT molecular complexity index is 1130. The third kappa shape index (κ3) is 3.76. The molecule has 142 valence electrons. The highest BCUT2D eigenvalue weighted by Crippen LogP contribution is 2.40. The Labute approximate surface area is 167 Å². The summed E-state index contributed by atoms with van der Waals surface area (Å²) < 4.78 is 35.9. The summed E-state index contributed by atoms with van der Waals surface area (Å²) in [6.45, 7) is 2.12. The van der Waals surface area contributed by atoms with E-state index < -0.39 is 10.0 Å². The molecule has 0 atom stereocenters. The zero-order valence-corrected chi connectivity index (χ0v) is 16.8. The maximum atomic E-state index is 11.3. The highest BCUT2D eigenvalue weighted by molar-refractivity contribution is 7.92. The van der Waals surface area contributed by atoms with Crippen LogP contribution in [0, 0.1) is 6.92 Å². The molecule has 1 aliphatic rings. The van der Waals surface area contributed by atoms with Gasteiger partial charge in [0.25, 0.3) is 0 Å². The number of nitrogens with zero attached hydrogens (tertiary/aromatic N) is 1. The van der Waals surface area contributed by atoms with Crippen LogP contribution >= 0.6 is 24.0 Å². The van der Waals surface area contributed by atoms with Crippen molar-refractivity contribution in [3.63, 3.8) is 0 Å². The minimum absolute atomic E-state index is 0. The number of fused-ring (bicyclic) bond motifs is 2. The maximum absolute atomic E-state index is 11.3. The Kier molecular flexibility index (Phi) is 5.12. The number of hydrogen-bond acceptors (Lipinski definition) is 5. The molecule has 9 heteroatoms. The number of anilines is 1. The SMILES string of the molecule is Cc1c(Cl)c(-c2ccc(NS(C)(=O)=O)cc2)nc2cc3c(cc12)OCO3.Cl. The Balaban J connectivity index is 0.00000210. The molecule has 0 unspecified atom stereocenters. The van der Waals surface area contributed by atoms with Gasteiger partial charge in [-0.1, -0.05) is 23.7 Å². The molecule has 0 radical (unpaired) electrons. The second-order valence-corrected chi connectivity index (χ2v) is 8.20. The highest BCUT2D eigenvalue weighted by atomic mass is 35.5. The van der Waals surface area contributed by atoms with Gasteiger partial charge in [0.2, 0.25) is 16.8 Å². The summed E-state index contributed by atoms with van der Waals surface area (Å²) in [5, 5.41) is 1.44. The summed E-state index contributed by atoms with van der Waals surface area (Å²) in [5.74, 6) is 1.34. The van der Waals surface area contributed by atoms with Crippen LogP contribution in [0.4, 0.5) is 5.69 Å². The van der Waals surface area contributed by atoms with Crippen LogP contribution in [0.5, 0.6) is 11.5 Å². The number of aromatic nitrogens is 1. The predicted octanol–water partition coefficient (Wildman–Crippen LogP) is 4.39. The number of nitrogens with one attached hydrogen (secondary N) is 1. The number of pyridine rings is 1. The molecule has 0 fully saturated rings. The van der Waals surface area contributed by atoms with E-state index in [9.17, 15) is 8.42 Å². The first-order valence-corrected chi connectivity index (χ1v) is 10.1. The average Bonchev–Trinajstić information content (AvgIpc) is 3.03. The fraction of sp³-hybridized carbons (Fsp3) is 0.167. The van der Waals surface area contributed by atoms with E-state index in [2.05, 4.69) is 9.71 Å². The molecule has 2 aromatic carbocycles. The molecule has 4 rings (SSSR count). The maximum Gasteiger partial charge on any atom is 0.231 e. The van der Waals surface area contributed by atoms with Crippen LogP contribution in [-0.2, 0) is 10.0 Å². The standard InChI is InChI=1S/C18H15ClN2O4S.ClH/c1-10-13-7-15-16(25-9-24-15)8-14(13)20-18(17(10)19)11-3-5-12(6-4-11)21-26(2,22)23;/h3-8,21H,9H2,1-2H3;1H. The second kappa shape index (κ2) is 7.07. The van der Waals surface area contributed by atoms with Gasteiger partial charge >= 0.3 is 0 Å². The molecule has 1 N–H and O–H groups in total. The Morgan fingerprint density at radius 3 is 2.37 bits per heavy atom. The molecular weight excluding hydrogens is 411 g/mol. The van der Waals surface area contributed by atoms with Gasteiger partial charge in [0.1, 0.15) is 0 Å². The van der Waals surface area contributed by atoms with Gasteiger partial charge in [0.05, 0.1) is 22.5 Å². The molecule has 2 heterocycles. The molecule has 3 aromatic rings. The van der Waals surface area contributed by atoms with Crippen LogP contribution < -0.4 is 14.2 Å². The van der Waals surface area contributed by atoms with E-state index in [-0.39, 0.29) is 19.2 Å². The van der Waals surface area contributed by atoms with Crippen molar-refractivity contribution in [1.82, 2.24) is 4.98 Å². The highest BCUT2D eigenvalue weighted by Gasteiger charge is 2.19. The lowest BCUT2D eigenvalue weighted by Gasteiger charge is -2.12. The van der Waals surface area contributed by atoms with Crippen molar-refractivity contribution in [2.45, 2.75) is 6.92 Å². The minimum Gasteiger partial charge on any atom is -0.454 e. The van der Waals surface area contributed by atoms with Crippen molar-refractivity contribution in [3.8, 4) is 22.8 Å². The number of sulfonamides is 1. The zero-order valence-electron chi connectivity index (χ0n) is 14.4. The Morgan fingerprint density at radius 2 is 1.74 bits per heavy atom. The van der Waals surface area contributed by atoms with Crippen molar-refractivity contribution >= 4 is 50.6 Å². The number of ether oxygens (including phenoxy) is 2. The van der Waals surface area contributed by atoms with E-state index in [1.165, 1.54) is 0 Å². The molecule has 0 spiro atoms. The first-order chi connectivity index (χ1) is 12.3. The van der Waals surface area contributed by atoms with Gasteiger partial charge in [-0.15, -0.1) is 12.4 Å². The van der Waals surface area contributed by atoms with Crippen molar-refractivity contribution in [2.75, 3.05) is 17.8 Å². The van der Waals surface area contributed by atoms with Crippen LogP contribution in [-0.4, -0.2) is 26.5 Å². The van der Waals surface area contributed by atoms with E-state index in [1.807, 2.05) is 19.1 Å². The van der Waals surface area contributed by atoms with Gasteiger partial charge in [0.15, 0.2) is 11.5 Å².